The number of nitrogens with zero attached hydrogens (tertiary/aromatic N) is 3. The van der Waals surface area contributed by atoms with Gasteiger partial charge in [0.05, 0.1) is 11.1 Å². The lowest BCUT2D eigenvalue weighted by molar-refractivity contribution is -0.138. The van der Waals surface area contributed by atoms with E-state index >= 15 is 0 Å². The van der Waals surface area contributed by atoms with E-state index < -0.39 is 11.9 Å². The fraction of sp³-hybridized carbons (Fsp3) is 0.579. The Morgan fingerprint density at radius 1 is 1.25 bits per heavy atom. The van der Waals surface area contributed by atoms with Crippen molar-refractivity contribution in [3.63, 3.8) is 0 Å². The molecule has 4 rings (SSSR count). The lowest BCUT2D eigenvalue weighted by atomic mass is 9.97. The van der Waals surface area contributed by atoms with Gasteiger partial charge in [-0.05, 0) is 50.5 Å². The minimum atomic E-state index is -0.523. The van der Waals surface area contributed by atoms with E-state index in [1.54, 1.807) is 27.9 Å². The van der Waals surface area contributed by atoms with Crippen molar-refractivity contribution < 1.29 is 9.59 Å². The van der Waals surface area contributed by atoms with Crippen LogP contribution in [0.2, 0.25) is 0 Å². The van der Waals surface area contributed by atoms with Crippen LogP contribution in [-0.4, -0.2) is 44.6 Å². The van der Waals surface area contributed by atoms with E-state index in [0.717, 1.165) is 48.7 Å². The molecule has 0 unspecified atom stereocenters. The van der Waals surface area contributed by atoms with Gasteiger partial charge in [-0.25, -0.2) is 4.98 Å². The van der Waals surface area contributed by atoms with Gasteiger partial charge in [0.25, 0.3) is 5.56 Å². The molecule has 0 bridgehead atoms. The molecule has 9 heteroatoms. The molecule has 150 valence electrons. The summed E-state index contributed by atoms with van der Waals surface area (Å²) >= 11 is 2.86. The number of nitrogens with two attached hydrogens (primary N) is 1. The van der Waals surface area contributed by atoms with Gasteiger partial charge < -0.3 is 10.6 Å². The summed E-state index contributed by atoms with van der Waals surface area (Å²) < 4.78 is 1.55. The van der Waals surface area contributed by atoms with Crippen molar-refractivity contribution in [2.45, 2.75) is 56.1 Å². The van der Waals surface area contributed by atoms with Crippen LogP contribution < -0.4 is 11.3 Å². The first-order chi connectivity index (χ1) is 13.5. The predicted octanol–water partition coefficient (Wildman–Crippen LogP) is 1.83. The predicted molar refractivity (Wildman–Crippen MR) is 111 cm³/mol. The number of thioether (sulfide) groups is 1. The fourth-order valence-corrected chi connectivity index (χ4v) is 6.29. The van der Waals surface area contributed by atoms with E-state index in [1.165, 1.54) is 22.2 Å². The normalized spacial score (nSPS) is 19.6. The molecule has 0 saturated carbocycles. The second kappa shape index (κ2) is 7.87. The van der Waals surface area contributed by atoms with Gasteiger partial charge in [0.15, 0.2) is 5.16 Å². The monoisotopic (exact) mass is 420 g/mol. The van der Waals surface area contributed by atoms with Gasteiger partial charge in [0.2, 0.25) is 11.8 Å². The van der Waals surface area contributed by atoms with Crippen molar-refractivity contribution in [2.75, 3.05) is 12.3 Å². The highest BCUT2D eigenvalue weighted by atomic mass is 32.2. The molecule has 0 aromatic carbocycles. The minimum absolute atomic E-state index is 0.0349. The molecule has 2 amide bonds. The largest absolute Gasteiger partial charge is 0.368 e. The maximum absolute atomic E-state index is 12.9. The summed E-state index contributed by atoms with van der Waals surface area (Å²) in [6, 6.07) is -0.523. The van der Waals surface area contributed by atoms with Gasteiger partial charge in [0.1, 0.15) is 10.9 Å². The smallest absolute Gasteiger partial charge is 0.262 e. The van der Waals surface area contributed by atoms with Crippen LogP contribution in [-0.2, 0) is 29.5 Å². The Labute approximate surface area is 171 Å². The van der Waals surface area contributed by atoms with Crippen LogP contribution in [0.3, 0.4) is 0 Å². The van der Waals surface area contributed by atoms with Gasteiger partial charge >= 0.3 is 0 Å². The van der Waals surface area contributed by atoms with Crippen LogP contribution in [0.4, 0.5) is 0 Å². The van der Waals surface area contributed by atoms with Gasteiger partial charge in [-0.2, -0.15) is 0 Å². The average molecular weight is 421 g/mol. The third-order valence-corrected chi connectivity index (χ3v) is 7.83. The molecule has 1 saturated heterocycles. The zero-order valence-electron chi connectivity index (χ0n) is 15.9. The number of carbonyl (C=O) groups is 2. The summed E-state index contributed by atoms with van der Waals surface area (Å²) in [5.74, 6) is -0.441. The van der Waals surface area contributed by atoms with Crippen LogP contribution in [0.25, 0.3) is 10.2 Å². The first-order valence-corrected chi connectivity index (χ1v) is 11.5. The highest BCUT2D eigenvalue weighted by Crippen LogP contribution is 2.34. The maximum Gasteiger partial charge on any atom is 0.262 e. The van der Waals surface area contributed by atoms with E-state index in [2.05, 4.69) is 0 Å². The number of rotatable bonds is 4. The van der Waals surface area contributed by atoms with Crippen LogP contribution in [0.15, 0.2) is 9.95 Å². The van der Waals surface area contributed by atoms with E-state index in [4.69, 9.17) is 10.7 Å². The number of amides is 2. The number of carbonyl (C=O) groups excluding carboxylic acids is 2. The molecule has 7 nitrogen and oxygen atoms in total. The molecular formula is C19H24N4O3S2. The zero-order chi connectivity index (χ0) is 19.8. The molecular weight excluding hydrogens is 396 g/mol. The first kappa shape index (κ1) is 19.4. The molecule has 1 aliphatic heterocycles. The van der Waals surface area contributed by atoms with Gasteiger partial charge in [-0.1, -0.05) is 11.8 Å². The number of aromatic nitrogens is 2. The van der Waals surface area contributed by atoms with E-state index in [1.807, 2.05) is 0 Å². The summed E-state index contributed by atoms with van der Waals surface area (Å²) in [6.07, 6.45) is 6.64. The summed E-state index contributed by atoms with van der Waals surface area (Å²) in [6.45, 7) is 0.552. The maximum atomic E-state index is 12.9. The SMILES string of the molecule is Cn1c(SCC(=O)N2CCCC[C@@H]2C(N)=O)nc2sc3c(c2c1=O)CCCC3. The highest BCUT2D eigenvalue weighted by molar-refractivity contribution is 7.99. The zero-order valence-corrected chi connectivity index (χ0v) is 17.5. The Morgan fingerprint density at radius 3 is 2.82 bits per heavy atom. The Bertz CT molecular complexity index is 997. The molecule has 2 aliphatic rings. The van der Waals surface area contributed by atoms with Crippen LogP contribution in [0.1, 0.15) is 42.5 Å². The van der Waals surface area contributed by atoms with Crippen molar-refractivity contribution in [3.8, 4) is 0 Å². The Hall–Kier alpha value is -1.87. The summed E-state index contributed by atoms with van der Waals surface area (Å²) in [5.41, 5.74) is 6.60. The van der Waals surface area contributed by atoms with Gasteiger partial charge in [0, 0.05) is 18.5 Å². The van der Waals surface area contributed by atoms with Crippen molar-refractivity contribution in [1.82, 2.24) is 14.5 Å². The van der Waals surface area contributed by atoms with E-state index in [-0.39, 0.29) is 17.2 Å². The van der Waals surface area contributed by atoms with Crippen molar-refractivity contribution >= 4 is 45.1 Å². The average Bonchev–Trinajstić information content (AvgIpc) is 3.07. The third-order valence-electron chi connectivity index (χ3n) is 5.63. The number of piperidine rings is 1. The quantitative estimate of drug-likeness (QED) is 0.601. The minimum Gasteiger partial charge on any atom is -0.368 e. The number of hydrogen-bond donors (Lipinski definition) is 1. The molecule has 3 heterocycles. The highest BCUT2D eigenvalue weighted by Gasteiger charge is 2.30. The Balaban J connectivity index is 1.56. The summed E-state index contributed by atoms with van der Waals surface area (Å²) in [5, 5.41) is 1.29. The van der Waals surface area contributed by atoms with Crippen molar-refractivity contribution in [3.05, 3.63) is 20.8 Å². The summed E-state index contributed by atoms with van der Waals surface area (Å²) in [7, 11) is 1.71. The van der Waals surface area contributed by atoms with Crippen LogP contribution >= 0.6 is 23.1 Å². The number of fused-ring (bicyclic) bond motifs is 3. The van der Waals surface area contributed by atoms with E-state index in [0.29, 0.717) is 18.1 Å². The van der Waals surface area contributed by atoms with Gasteiger partial charge in [-0.15, -0.1) is 11.3 Å². The number of hydrogen-bond acceptors (Lipinski definition) is 6. The molecule has 2 aromatic rings. The van der Waals surface area contributed by atoms with Crippen LogP contribution in [0, 0.1) is 0 Å². The van der Waals surface area contributed by atoms with E-state index in [9.17, 15) is 14.4 Å². The molecule has 1 fully saturated rings. The number of likely N-dealkylation sites (tertiary alicyclic amines) is 1. The Kier molecular flexibility index (Phi) is 5.46. The topological polar surface area (TPSA) is 98.3 Å². The number of primary amides is 1. The lowest BCUT2D eigenvalue weighted by Crippen LogP contribution is -2.51. The molecule has 1 atom stereocenters. The molecule has 28 heavy (non-hydrogen) atoms. The molecule has 2 N–H and O–H groups in total. The van der Waals surface area contributed by atoms with Crippen molar-refractivity contribution in [2.24, 2.45) is 12.8 Å². The fourth-order valence-electron chi connectivity index (χ4n) is 4.13. The molecule has 2 aromatic heterocycles. The molecule has 0 spiro atoms. The lowest BCUT2D eigenvalue weighted by Gasteiger charge is -2.33. The second-order valence-corrected chi connectivity index (χ2v) is 9.47. The number of aryl methyl sites for hydroxylation is 2. The molecule has 1 aliphatic carbocycles. The third kappa shape index (κ3) is 3.45. The first-order valence-electron chi connectivity index (χ1n) is 9.70. The van der Waals surface area contributed by atoms with Crippen LogP contribution in [0.5, 0.6) is 0 Å². The van der Waals surface area contributed by atoms with Gasteiger partial charge in [-0.3, -0.25) is 19.0 Å². The number of thiophene rings is 1. The Morgan fingerprint density at radius 2 is 2.04 bits per heavy atom. The standard InChI is InChI=1S/C19H24N4O3S2/c1-22-18(26)15-11-6-2-3-8-13(11)28-17(15)21-19(22)27-10-14(24)23-9-5-4-7-12(23)16(20)25/h12H,2-10H2,1H3,(H2,20,25)/t12-/m1/s1. The summed E-state index contributed by atoms with van der Waals surface area (Å²) in [4.78, 5) is 45.6. The van der Waals surface area contributed by atoms with Crippen molar-refractivity contribution in [1.29, 1.82) is 0 Å². The second-order valence-electron chi connectivity index (χ2n) is 7.44. The molecule has 0 radical (unpaired) electrons.